The molecule has 0 atom stereocenters. The summed E-state index contributed by atoms with van der Waals surface area (Å²) in [6.45, 7) is 0. The van der Waals surface area contributed by atoms with E-state index in [1.54, 1.807) is 0 Å². The van der Waals surface area contributed by atoms with Crippen LogP contribution in [0.1, 0.15) is 0 Å². The zero-order valence-corrected chi connectivity index (χ0v) is 62.8. The minimum atomic E-state index is 1.07. The highest BCUT2D eigenvalue weighted by Gasteiger charge is 2.20. The third-order valence-corrected chi connectivity index (χ3v) is 21.9. The lowest BCUT2D eigenvalue weighted by molar-refractivity contribution is 1.28. The van der Waals surface area contributed by atoms with Gasteiger partial charge in [0, 0.05) is 68.2 Å². The fourth-order valence-corrected chi connectivity index (χ4v) is 15.8. The van der Waals surface area contributed by atoms with Crippen LogP contribution in [-0.2, 0) is 0 Å². The fraction of sp³-hybridized carbons (Fsp3) is 0. The highest BCUT2D eigenvalue weighted by molar-refractivity contribution is 5.93. The molecule has 0 aliphatic rings. The molecule has 4 heteroatoms. The molecule has 0 heterocycles. The maximum Gasteiger partial charge on any atom is 0.0468 e. The lowest BCUT2D eigenvalue weighted by atomic mass is 9.97. The van der Waals surface area contributed by atoms with Gasteiger partial charge < -0.3 is 19.6 Å². The van der Waals surface area contributed by atoms with Crippen LogP contribution in [0.25, 0.3) is 111 Å². The molecule has 0 N–H and O–H groups in total. The number of nitrogens with zero attached hydrogens (tertiary/aromatic N) is 4. The van der Waals surface area contributed by atoms with Crippen molar-refractivity contribution < 1.29 is 0 Å². The van der Waals surface area contributed by atoms with Gasteiger partial charge in [0.05, 0.1) is 0 Å². The van der Waals surface area contributed by atoms with Gasteiger partial charge >= 0.3 is 0 Å². The van der Waals surface area contributed by atoms with Crippen LogP contribution in [0.15, 0.2) is 473 Å². The molecule has 0 aliphatic heterocycles. The first-order chi connectivity index (χ1) is 56.5. The monoisotopic (exact) mass is 1450 g/mol. The Morgan fingerprint density at radius 2 is 0.219 bits per heavy atom. The van der Waals surface area contributed by atoms with Gasteiger partial charge in [0.15, 0.2) is 0 Å². The van der Waals surface area contributed by atoms with E-state index in [0.29, 0.717) is 0 Å². The Balaban J connectivity index is 0.542. The van der Waals surface area contributed by atoms with Crippen molar-refractivity contribution in [1.29, 1.82) is 0 Å². The summed E-state index contributed by atoms with van der Waals surface area (Å²) in [6, 6.07) is 171. The van der Waals surface area contributed by atoms with Gasteiger partial charge in [-0.3, -0.25) is 0 Å². The van der Waals surface area contributed by atoms with Gasteiger partial charge in [-0.25, -0.2) is 0 Å². The van der Waals surface area contributed by atoms with Gasteiger partial charge in [-0.1, -0.05) is 328 Å². The highest BCUT2D eigenvalue weighted by Crippen LogP contribution is 2.44. The summed E-state index contributed by atoms with van der Waals surface area (Å²) >= 11 is 0. The van der Waals surface area contributed by atoms with E-state index in [4.69, 9.17) is 0 Å². The Bertz CT molecular complexity index is 6460. The lowest BCUT2D eigenvalue weighted by Gasteiger charge is -2.26. The molecule has 19 rings (SSSR count). The fourth-order valence-electron chi connectivity index (χ4n) is 15.8. The Morgan fingerprint density at radius 3 is 0.421 bits per heavy atom. The van der Waals surface area contributed by atoms with Crippen LogP contribution < -0.4 is 19.6 Å². The third kappa shape index (κ3) is 14.6. The summed E-state index contributed by atoms with van der Waals surface area (Å²) in [5.74, 6) is 0. The zero-order valence-electron chi connectivity index (χ0n) is 62.8. The van der Waals surface area contributed by atoms with Gasteiger partial charge in [0.25, 0.3) is 0 Å². The third-order valence-electron chi connectivity index (χ3n) is 21.9. The number of hydrogen-bond acceptors (Lipinski definition) is 4. The van der Waals surface area contributed by atoms with Crippen molar-refractivity contribution in [1.82, 2.24) is 0 Å². The van der Waals surface area contributed by atoms with Crippen LogP contribution >= 0.6 is 0 Å². The van der Waals surface area contributed by atoms with Crippen molar-refractivity contribution in [3.05, 3.63) is 473 Å². The van der Waals surface area contributed by atoms with Crippen LogP contribution in [0.3, 0.4) is 0 Å². The summed E-state index contributed by atoms with van der Waals surface area (Å²) in [5, 5.41) is 4.88. The maximum atomic E-state index is 2.35. The van der Waals surface area contributed by atoms with Crippen LogP contribution in [0.4, 0.5) is 68.2 Å². The van der Waals surface area contributed by atoms with Crippen molar-refractivity contribution in [2.45, 2.75) is 0 Å². The second-order valence-corrected chi connectivity index (χ2v) is 28.9. The molecule has 0 bridgehead atoms. The van der Waals surface area contributed by atoms with Crippen LogP contribution in [0.5, 0.6) is 0 Å². The first-order valence-electron chi connectivity index (χ1n) is 39.0. The molecular formula is C110H78N4. The smallest absolute Gasteiger partial charge is 0.0468 e. The molecular weight excluding hydrogens is 1380 g/mol. The van der Waals surface area contributed by atoms with Crippen LogP contribution in [-0.4, -0.2) is 0 Å². The van der Waals surface area contributed by atoms with E-state index in [1.165, 1.54) is 66.1 Å². The van der Waals surface area contributed by atoms with E-state index in [0.717, 1.165) is 113 Å². The summed E-state index contributed by atoms with van der Waals surface area (Å²) in [5.41, 5.74) is 31.8. The molecule has 0 saturated carbocycles. The van der Waals surface area contributed by atoms with Crippen molar-refractivity contribution >= 4 is 89.8 Å². The summed E-state index contributed by atoms with van der Waals surface area (Å²) < 4.78 is 0. The first-order valence-corrected chi connectivity index (χ1v) is 39.0. The second-order valence-electron chi connectivity index (χ2n) is 28.9. The zero-order chi connectivity index (χ0) is 75.9. The van der Waals surface area contributed by atoms with Gasteiger partial charge in [-0.2, -0.15) is 0 Å². The summed E-state index contributed by atoms with van der Waals surface area (Å²) in [6.07, 6.45) is 0. The molecule has 0 aliphatic carbocycles. The molecule has 4 nitrogen and oxygen atoms in total. The van der Waals surface area contributed by atoms with E-state index in [-0.39, 0.29) is 0 Å². The number of hydrogen-bond donors (Lipinski definition) is 0. The van der Waals surface area contributed by atoms with Gasteiger partial charge in [0.2, 0.25) is 0 Å². The van der Waals surface area contributed by atoms with E-state index in [1.807, 2.05) is 0 Å². The molecule has 19 aromatic carbocycles. The van der Waals surface area contributed by atoms with E-state index < -0.39 is 0 Å². The topological polar surface area (TPSA) is 13.0 Å². The van der Waals surface area contributed by atoms with Crippen LogP contribution in [0.2, 0.25) is 0 Å². The molecule has 0 aromatic heterocycles. The van der Waals surface area contributed by atoms with Crippen molar-refractivity contribution in [2.75, 3.05) is 19.6 Å². The van der Waals surface area contributed by atoms with Crippen molar-refractivity contribution in [2.24, 2.45) is 0 Å². The number of benzene rings is 19. The van der Waals surface area contributed by atoms with E-state index in [2.05, 4.69) is 493 Å². The predicted octanol–water partition coefficient (Wildman–Crippen LogP) is 31.2. The van der Waals surface area contributed by atoms with E-state index in [9.17, 15) is 0 Å². The predicted molar refractivity (Wildman–Crippen MR) is 484 cm³/mol. The largest absolute Gasteiger partial charge is 0.311 e. The number of para-hydroxylation sites is 2. The van der Waals surface area contributed by atoms with Gasteiger partial charge in [-0.05, 0) is 256 Å². The summed E-state index contributed by atoms with van der Waals surface area (Å²) in [4.78, 5) is 9.36. The average molecular weight is 1460 g/mol. The standard InChI is InChI=1S/C110H78N4/c1-5-17-79(18-6-1)89-41-59-101(60-42-89)111(104-67-49-93(50-68-104)87-37-39-88(40-38-87)94-53-71-107(72-54-94)113(99-25-9-3-10-26-99)109-75-57-81-21-13-15-23-97(81)77-109)103-63-45-91(46-64-103)85-33-29-83(30-34-85)84-31-35-86(36-32-84)92-47-65-105(66-48-92)112(102-61-43-90(44-62-102)80-19-7-2-8-20-80)106-69-51-95(52-70-106)96-55-73-108(74-56-96)114(100-27-11-4-12-28-100)110-76-58-82-22-14-16-24-98(82)78-110/h1-78H. The summed E-state index contributed by atoms with van der Waals surface area (Å²) in [7, 11) is 0. The average Bonchev–Trinajstić information content (AvgIpc) is 0.789. The number of rotatable bonds is 20. The Morgan fingerprint density at radius 1 is 0.0877 bits per heavy atom. The van der Waals surface area contributed by atoms with Crippen LogP contribution in [0, 0.1) is 0 Å². The molecule has 0 fully saturated rings. The van der Waals surface area contributed by atoms with Crippen molar-refractivity contribution in [3.63, 3.8) is 0 Å². The molecule has 114 heavy (non-hydrogen) atoms. The van der Waals surface area contributed by atoms with E-state index >= 15 is 0 Å². The van der Waals surface area contributed by atoms with Crippen molar-refractivity contribution in [3.8, 4) is 89.0 Å². The Labute approximate surface area is 667 Å². The Kier molecular flexibility index (Phi) is 19.2. The molecule has 0 saturated heterocycles. The minimum Gasteiger partial charge on any atom is -0.311 e. The molecule has 0 amide bonds. The SMILES string of the molecule is c1ccc(-c2ccc(N(c3ccc(-c4ccc(-c5ccc(-c6ccc(N(c7ccc(-c8ccccc8)cc7)c7ccc(-c8ccc(N(c9ccccc9)c9ccc%10ccccc%10c9)cc8)cc7)cc6)cc5)cc4)cc3)c3ccc(-c4ccc(-c5ccc(N(c6ccccc6)c6ccc7ccccc7c6)cc5)cc4)cc3)cc2)cc1. The van der Waals surface area contributed by atoms with Gasteiger partial charge in [-0.15, -0.1) is 0 Å². The molecule has 0 unspecified atom stereocenters. The first kappa shape index (κ1) is 69.4. The maximum absolute atomic E-state index is 2.35. The number of fused-ring (bicyclic) bond motifs is 2. The molecule has 19 aromatic rings. The van der Waals surface area contributed by atoms with Gasteiger partial charge in [0.1, 0.15) is 0 Å². The minimum absolute atomic E-state index is 1.07. The highest BCUT2D eigenvalue weighted by atomic mass is 15.2. The second kappa shape index (κ2) is 31.5. The Hall–Kier alpha value is -15.1. The normalized spacial score (nSPS) is 11.2. The molecule has 0 radical (unpaired) electrons. The molecule has 0 spiro atoms. The molecule has 538 valence electrons. The quantitative estimate of drug-likeness (QED) is 0.0754. The number of anilines is 12. The lowest BCUT2D eigenvalue weighted by Crippen LogP contribution is -2.10.